The third-order valence-electron chi connectivity index (χ3n) is 4.01. The largest absolute Gasteiger partial charge is 0.482 e. The zero-order chi connectivity index (χ0) is 13.4. The van der Waals surface area contributed by atoms with Crippen LogP contribution in [0.25, 0.3) is 0 Å². The highest BCUT2D eigenvalue weighted by atomic mass is 16.5. The molecule has 3 N–H and O–H groups in total. The second-order valence-electron chi connectivity index (χ2n) is 5.29. The summed E-state index contributed by atoms with van der Waals surface area (Å²) in [6, 6.07) is 4.26. The first-order chi connectivity index (χ1) is 9.15. The van der Waals surface area contributed by atoms with E-state index in [1.807, 2.05) is 6.07 Å². The molecule has 1 aliphatic heterocycles. The first-order valence-corrected chi connectivity index (χ1v) is 6.74. The highest BCUT2D eigenvalue weighted by Crippen LogP contribution is 2.38. The number of benzene rings is 1. The van der Waals surface area contributed by atoms with E-state index in [0.29, 0.717) is 23.2 Å². The van der Waals surface area contributed by atoms with Gasteiger partial charge in [0.05, 0.1) is 17.1 Å². The Morgan fingerprint density at radius 2 is 2.11 bits per heavy atom. The normalized spacial score (nSPS) is 18.7. The third-order valence-corrected chi connectivity index (χ3v) is 4.01. The molecule has 0 bridgehead atoms. The molecule has 1 aromatic carbocycles. The van der Waals surface area contributed by atoms with Crippen LogP contribution in [0.1, 0.15) is 25.7 Å². The van der Waals surface area contributed by atoms with E-state index >= 15 is 0 Å². The number of amides is 1. The van der Waals surface area contributed by atoms with Crippen molar-refractivity contribution in [2.75, 3.05) is 29.6 Å². The van der Waals surface area contributed by atoms with Gasteiger partial charge < -0.3 is 20.7 Å². The molecule has 0 spiro atoms. The number of nitrogens with zero attached hydrogens (tertiary/aromatic N) is 1. The van der Waals surface area contributed by atoms with E-state index in [2.05, 4.69) is 17.3 Å². The van der Waals surface area contributed by atoms with Crippen LogP contribution >= 0.6 is 0 Å². The average Bonchev–Trinajstić information content (AvgIpc) is 2.91. The van der Waals surface area contributed by atoms with Crippen LogP contribution in [0.15, 0.2) is 12.1 Å². The van der Waals surface area contributed by atoms with E-state index in [0.717, 1.165) is 5.69 Å². The first kappa shape index (κ1) is 12.1. The van der Waals surface area contributed by atoms with Crippen LogP contribution in [0.3, 0.4) is 0 Å². The molecule has 0 aromatic heterocycles. The fourth-order valence-electron chi connectivity index (χ4n) is 2.92. The van der Waals surface area contributed by atoms with Crippen LogP contribution in [0, 0.1) is 0 Å². The maximum absolute atomic E-state index is 11.4. The number of anilines is 3. The Bertz CT molecular complexity index is 510. The zero-order valence-electron chi connectivity index (χ0n) is 11.1. The van der Waals surface area contributed by atoms with Gasteiger partial charge in [0.1, 0.15) is 5.75 Å². The fourth-order valence-corrected chi connectivity index (χ4v) is 2.92. The van der Waals surface area contributed by atoms with Gasteiger partial charge in [-0.05, 0) is 18.9 Å². The molecule has 1 saturated carbocycles. The summed E-state index contributed by atoms with van der Waals surface area (Å²) >= 11 is 0. The maximum Gasteiger partial charge on any atom is 0.262 e. The minimum absolute atomic E-state index is 0.0598. The second-order valence-corrected chi connectivity index (χ2v) is 5.29. The number of nitrogen functional groups attached to an aromatic ring is 1. The molecule has 102 valence electrons. The lowest BCUT2D eigenvalue weighted by atomic mass is 10.1. The van der Waals surface area contributed by atoms with Crippen molar-refractivity contribution >= 4 is 23.0 Å². The summed E-state index contributed by atoms with van der Waals surface area (Å²) in [6.45, 7) is 0.0598. The quantitative estimate of drug-likeness (QED) is 0.799. The molecule has 1 fully saturated rings. The summed E-state index contributed by atoms with van der Waals surface area (Å²) in [4.78, 5) is 13.6. The molecule has 5 nitrogen and oxygen atoms in total. The van der Waals surface area contributed by atoms with Crippen molar-refractivity contribution in [3.63, 3.8) is 0 Å². The van der Waals surface area contributed by atoms with Crippen molar-refractivity contribution in [1.82, 2.24) is 0 Å². The lowest BCUT2D eigenvalue weighted by molar-refractivity contribution is -0.118. The highest BCUT2D eigenvalue weighted by molar-refractivity contribution is 5.97. The number of ether oxygens (including phenoxy) is 1. The van der Waals surface area contributed by atoms with Crippen molar-refractivity contribution < 1.29 is 9.53 Å². The van der Waals surface area contributed by atoms with Crippen molar-refractivity contribution in [2.24, 2.45) is 0 Å². The number of nitrogens with one attached hydrogen (secondary N) is 1. The van der Waals surface area contributed by atoms with Gasteiger partial charge in [0.25, 0.3) is 5.91 Å². The van der Waals surface area contributed by atoms with Gasteiger partial charge in [-0.15, -0.1) is 0 Å². The summed E-state index contributed by atoms with van der Waals surface area (Å²) in [5, 5.41) is 2.83. The Hall–Kier alpha value is -1.91. The highest BCUT2D eigenvalue weighted by Gasteiger charge is 2.24. The monoisotopic (exact) mass is 261 g/mol. The maximum atomic E-state index is 11.4. The Morgan fingerprint density at radius 1 is 1.37 bits per heavy atom. The molecule has 0 atom stereocenters. The lowest BCUT2D eigenvalue weighted by Gasteiger charge is -2.29. The Morgan fingerprint density at radius 3 is 2.84 bits per heavy atom. The van der Waals surface area contributed by atoms with Crippen LogP contribution in [0.2, 0.25) is 0 Å². The number of nitrogens with two attached hydrogens (primary N) is 1. The minimum atomic E-state index is -0.119. The molecule has 1 aliphatic carbocycles. The van der Waals surface area contributed by atoms with Crippen LogP contribution < -0.4 is 20.7 Å². The van der Waals surface area contributed by atoms with E-state index in [9.17, 15) is 4.79 Å². The summed E-state index contributed by atoms with van der Waals surface area (Å²) in [5.74, 6) is 0.535. The van der Waals surface area contributed by atoms with E-state index in [4.69, 9.17) is 10.5 Å². The summed E-state index contributed by atoms with van der Waals surface area (Å²) in [7, 11) is 2.07. The molecule has 1 heterocycles. The topological polar surface area (TPSA) is 67.6 Å². The van der Waals surface area contributed by atoms with E-state index < -0.39 is 0 Å². The Labute approximate surface area is 112 Å². The molecule has 3 rings (SSSR count). The predicted octanol–water partition coefficient (Wildman–Crippen LogP) is 1.98. The molecule has 1 amide bonds. The van der Waals surface area contributed by atoms with Gasteiger partial charge in [-0.2, -0.15) is 0 Å². The lowest BCUT2D eigenvalue weighted by Crippen LogP contribution is -2.30. The van der Waals surface area contributed by atoms with Crippen molar-refractivity contribution in [1.29, 1.82) is 0 Å². The molecule has 0 unspecified atom stereocenters. The van der Waals surface area contributed by atoms with E-state index in [1.165, 1.54) is 25.7 Å². The number of carbonyl (C=O) groups excluding carboxylic acids is 1. The van der Waals surface area contributed by atoms with Crippen molar-refractivity contribution in [3.8, 4) is 5.75 Å². The number of carbonyl (C=O) groups is 1. The molecular formula is C14H19N3O2. The molecule has 1 aromatic rings. The van der Waals surface area contributed by atoms with Crippen molar-refractivity contribution in [3.05, 3.63) is 12.1 Å². The van der Waals surface area contributed by atoms with Gasteiger partial charge in [0.15, 0.2) is 6.61 Å². The predicted molar refractivity (Wildman–Crippen MR) is 75.6 cm³/mol. The molecule has 0 radical (unpaired) electrons. The number of fused-ring (bicyclic) bond motifs is 1. The minimum Gasteiger partial charge on any atom is -0.482 e. The molecule has 2 aliphatic rings. The molecular weight excluding hydrogens is 242 g/mol. The SMILES string of the molecule is CN(c1cc2c(cc1N)OCC(=O)N2)C1CCCC1. The first-order valence-electron chi connectivity index (χ1n) is 6.74. The fraction of sp³-hybridized carbons (Fsp3) is 0.500. The molecule has 5 heteroatoms. The van der Waals surface area contributed by atoms with Crippen LogP contribution in [0.4, 0.5) is 17.1 Å². The molecule has 0 saturated heterocycles. The number of hydrogen-bond acceptors (Lipinski definition) is 4. The van der Waals surface area contributed by atoms with Gasteiger partial charge in [-0.1, -0.05) is 12.8 Å². The Kier molecular flexibility index (Phi) is 2.97. The van der Waals surface area contributed by atoms with Gasteiger partial charge >= 0.3 is 0 Å². The molecule has 19 heavy (non-hydrogen) atoms. The summed E-state index contributed by atoms with van der Waals surface area (Å²) in [6.07, 6.45) is 4.96. The van der Waals surface area contributed by atoms with Gasteiger partial charge in [-0.25, -0.2) is 0 Å². The van der Waals surface area contributed by atoms with E-state index in [-0.39, 0.29) is 12.5 Å². The van der Waals surface area contributed by atoms with Gasteiger partial charge in [-0.3, -0.25) is 4.79 Å². The number of hydrogen-bond donors (Lipinski definition) is 2. The smallest absolute Gasteiger partial charge is 0.262 e. The summed E-state index contributed by atoms with van der Waals surface area (Å²) in [5.41, 5.74) is 8.49. The number of rotatable bonds is 2. The average molecular weight is 261 g/mol. The second kappa shape index (κ2) is 4.64. The summed E-state index contributed by atoms with van der Waals surface area (Å²) < 4.78 is 5.37. The van der Waals surface area contributed by atoms with Crippen LogP contribution in [-0.4, -0.2) is 25.6 Å². The standard InChI is InChI=1S/C14H19N3O2/c1-17(9-4-2-3-5-9)12-7-11-13(6-10(12)15)19-8-14(18)16-11/h6-7,9H,2-5,8,15H2,1H3,(H,16,18). The van der Waals surface area contributed by atoms with Gasteiger partial charge in [0, 0.05) is 19.2 Å². The van der Waals surface area contributed by atoms with Crippen LogP contribution in [-0.2, 0) is 4.79 Å². The third kappa shape index (κ3) is 2.20. The zero-order valence-corrected chi connectivity index (χ0v) is 11.1. The Balaban J connectivity index is 1.92. The van der Waals surface area contributed by atoms with E-state index in [1.54, 1.807) is 6.07 Å². The van der Waals surface area contributed by atoms with Gasteiger partial charge in [0.2, 0.25) is 0 Å². The van der Waals surface area contributed by atoms with Crippen molar-refractivity contribution in [2.45, 2.75) is 31.7 Å². The van der Waals surface area contributed by atoms with Crippen LogP contribution in [0.5, 0.6) is 5.75 Å².